The van der Waals surface area contributed by atoms with E-state index in [1.54, 1.807) is 4.90 Å². The van der Waals surface area contributed by atoms with Gasteiger partial charge in [-0.1, -0.05) is 30.3 Å². The Balaban J connectivity index is 1.78. The zero-order valence-electron chi connectivity index (χ0n) is 14.7. The van der Waals surface area contributed by atoms with E-state index in [1.165, 1.54) is 0 Å². The number of aromatic nitrogens is 1. The highest BCUT2D eigenvalue weighted by molar-refractivity contribution is 5.97. The molecule has 0 saturated carbocycles. The highest BCUT2D eigenvalue weighted by Gasteiger charge is 2.31. The molecule has 132 valence electrons. The second-order valence-corrected chi connectivity index (χ2v) is 6.62. The van der Waals surface area contributed by atoms with E-state index in [9.17, 15) is 9.59 Å². The van der Waals surface area contributed by atoms with Gasteiger partial charge in [0.2, 0.25) is 0 Å². The summed E-state index contributed by atoms with van der Waals surface area (Å²) in [6.45, 7) is 5.50. The Bertz CT molecular complexity index is 736. The van der Waals surface area contributed by atoms with Gasteiger partial charge in [0.05, 0.1) is 19.3 Å². The topological polar surface area (TPSA) is 51.5 Å². The van der Waals surface area contributed by atoms with Crippen LogP contribution in [0.3, 0.4) is 0 Å². The monoisotopic (exact) mass is 340 g/mol. The maximum Gasteiger partial charge on any atom is 0.270 e. The molecule has 5 nitrogen and oxygen atoms in total. The van der Waals surface area contributed by atoms with Gasteiger partial charge < -0.3 is 14.2 Å². The fourth-order valence-corrected chi connectivity index (χ4v) is 3.22. The van der Waals surface area contributed by atoms with Crippen molar-refractivity contribution in [2.75, 3.05) is 19.8 Å². The maximum atomic E-state index is 13.1. The predicted molar refractivity (Wildman–Crippen MR) is 95.9 cm³/mol. The van der Waals surface area contributed by atoms with Crippen LogP contribution in [0.25, 0.3) is 0 Å². The number of rotatable bonds is 5. The highest BCUT2D eigenvalue weighted by atomic mass is 16.5. The van der Waals surface area contributed by atoms with Gasteiger partial charge in [0.25, 0.3) is 5.91 Å². The van der Waals surface area contributed by atoms with Gasteiger partial charge in [0.1, 0.15) is 5.69 Å². The van der Waals surface area contributed by atoms with Crippen molar-refractivity contribution in [3.8, 4) is 0 Å². The molecule has 0 aliphatic carbocycles. The molecular formula is C20H24N2O3. The van der Waals surface area contributed by atoms with E-state index in [0.29, 0.717) is 31.0 Å². The van der Waals surface area contributed by atoms with Gasteiger partial charge in [-0.25, -0.2) is 0 Å². The SMILES string of the molecule is CC(C)n1cccc1C(=O)N1CCOC[C@H]1CC(=O)c1ccccc1. The number of benzene rings is 1. The predicted octanol–water partition coefficient (Wildman–Crippen LogP) is 3.18. The summed E-state index contributed by atoms with van der Waals surface area (Å²) in [4.78, 5) is 27.4. The summed E-state index contributed by atoms with van der Waals surface area (Å²) in [5, 5.41) is 0. The fraction of sp³-hybridized carbons (Fsp3) is 0.400. The Morgan fingerprint density at radius 2 is 1.92 bits per heavy atom. The van der Waals surface area contributed by atoms with Crippen molar-refractivity contribution in [2.45, 2.75) is 32.4 Å². The molecular weight excluding hydrogens is 316 g/mol. The maximum absolute atomic E-state index is 13.1. The number of ketones is 1. The molecule has 2 heterocycles. The van der Waals surface area contributed by atoms with Crippen LogP contribution in [0.4, 0.5) is 0 Å². The quantitative estimate of drug-likeness (QED) is 0.786. The summed E-state index contributed by atoms with van der Waals surface area (Å²) in [7, 11) is 0. The first-order chi connectivity index (χ1) is 12.1. The lowest BCUT2D eigenvalue weighted by atomic mass is 10.0. The number of Topliss-reactive ketones (excluding diaryl/α,β-unsaturated/α-hetero) is 1. The Morgan fingerprint density at radius 3 is 2.64 bits per heavy atom. The third-order valence-corrected chi connectivity index (χ3v) is 4.56. The van der Waals surface area contributed by atoms with Crippen molar-refractivity contribution in [3.05, 3.63) is 59.9 Å². The van der Waals surface area contributed by atoms with Crippen LogP contribution in [0, 0.1) is 0 Å². The van der Waals surface area contributed by atoms with Crippen molar-refractivity contribution in [1.82, 2.24) is 9.47 Å². The molecule has 25 heavy (non-hydrogen) atoms. The second-order valence-electron chi connectivity index (χ2n) is 6.62. The first-order valence-corrected chi connectivity index (χ1v) is 8.71. The smallest absolute Gasteiger partial charge is 0.270 e. The summed E-state index contributed by atoms with van der Waals surface area (Å²) >= 11 is 0. The zero-order chi connectivity index (χ0) is 17.8. The third kappa shape index (κ3) is 3.82. The van der Waals surface area contributed by atoms with Crippen LogP contribution in [0.15, 0.2) is 48.7 Å². The number of hydrogen-bond acceptors (Lipinski definition) is 3. The van der Waals surface area contributed by atoms with Crippen molar-refractivity contribution < 1.29 is 14.3 Å². The standard InChI is InChI=1S/C20H24N2O3/c1-15(2)21-10-6-9-18(21)20(24)22-11-12-25-14-17(22)13-19(23)16-7-4-3-5-8-16/h3-10,15,17H,11-14H2,1-2H3/t17-/m1/s1. The molecule has 1 saturated heterocycles. The van der Waals surface area contributed by atoms with Crippen LogP contribution >= 0.6 is 0 Å². The zero-order valence-corrected chi connectivity index (χ0v) is 14.7. The molecule has 1 aromatic heterocycles. The minimum Gasteiger partial charge on any atom is -0.377 e. The summed E-state index contributed by atoms with van der Waals surface area (Å²) < 4.78 is 7.51. The molecule has 5 heteroatoms. The molecule has 1 aliphatic heterocycles. The van der Waals surface area contributed by atoms with Crippen molar-refractivity contribution in [1.29, 1.82) is 0 Å². The lowest BCUT2D eigenvalue weighted by molar-refractivity contribution is -0.00340. The lowest BCUT2D eigenvalue weighted by Crippen LogP contribution is -2.50. The van der Waals surface area contributed by atoms with E-state index in [1.807, 2.05) is 67.1 Å². The van der Waals surface area contributed by atoms with E-state index < -0.39 is 0 Å². The summed E-state index contributed by atoms with van der Waals surface area (Å²) in [6.07, 6.45) is 2.20. The Hall–Kier alpha value is -2.40. The van der Waals surface area contributed by atoms with Gasteiger partial charge in [-0.05, 0) is 26.0 Å². The molecule has 1 atom stereocenters. The average Bonchev–Trinajstić information content (AvgIpc) is 3.12. The van der Waals surface area contributed by atoms with Crippen LogP contribution < -0.4 is 0 Å². The number of ether oxygens (including phenoxy) is 1. The van der Waals surface area contributed by atoms with Gasteiger partial charge in [-0.2, -0.15) is 0 Å². The highest BCUT2D eigenvalue weighted by Crippen LogP contribution is 2.19. The first-order valence-electron chi connectivity index (χ1n) is 8.71. The van der Waals surface area contributed by atoms with Crippen molar-refractivity contribution in [3.63, 3.8) is 0 Å². The molecule has 0 bridgehead atoms. The minimum absolute atomic E-state index is 0.0344. The summed E-state index contributed by atoms with van der Waals surface area (Å²) in [6, 6.07) is 12.9. The number of nitrogens with zero attached hydrogens (tertiary/aromatic N) is 2. The lowest BCUT2D eigenvalue weighted by Gasteiger charge is -2.35. The number of amides is 1. The van der Waals surface area contributed by atoms with Crippen LogP contribution in [-0.2, 0) is 4.74 Å². The molecule has 0 unspecified atom stereocenters. The second kappa shape index (κ2) is 7.66. The molecule has 1 aliphatic rings. The van der Waals surface area contributed by atoms with E-state index in [0.717, 1.165) is 0 Å². The van der Waals surface area contributed by atoms with E-state index in [2.05, 4.69) is 0 Å². The first kappa shape index (κ1) is 17.4. The third-order valence-electron chi connectivity index (χ3n) is 4.56. The van der Waals surface area contributed by atoms with Crippen LogP contribution in [0.2, 0.25) is 0 Å². The van der Waals surface area contributed by atoms with Gasteiger partial charge in [0.15, 0.2) is 5.78 Å². The Labute approximate surface area is 148 Å². The summed E-state index contributed by atoms with van der Waals surface area (Å²) in [5.41, 5.74) is 1.33. The van der Waals surface area contributed by atoms with E-state index >= 15 is 0 Å². The van der Waals surface area contributed by atoms with Crippen molar-refractivity contribution in [2.24, 2.45) is 0 Å². The van der Waals surface area contributed by atoms with Gasteiger partial charge in [-0.3, -0.25) is 9.59 Å². The molecule has 3 rings (SSSR count). The average molecular weight is 340 g/mol. The number of morpholine rings is 1. The molecule has 1 amide bonds. The van der Waals surface area contributed by atoms with Crippen LogP contribution in [0.1, 0.15) is 47.2 Å². The van der Waals surface area contributed by atoms with E-state index in [4.69, 9.17) is 4.74 Å². The molecule has 2 aromatic rings. The van der Waals surface area contributed by atoms with Crippen molar-refractivity contribution >= 4 is 11.7 Å². The molecule has 1 fully saturated rings. The molecule has 0 radical (unpaired) electrons. The molecule has 0 N–H and O–H groups in total. The largest absolute Gasteiger partial charge is 0.377 e. The number of carbonyl (C=O) groups is 2. The Morgan fingerprint density at radius 1 is 1.16 bits per heavy atom. The Kier molecular flexibility index (Phi) is 5.34. The van der Waals surface area contributed by atoms with Crippen LogP contribution in [0.5, 0.6) is 0 Å². The van der Waals surface area contributed by atoms with Gasteiger partial charge in [0, 0.05) is 30.8 Å². The van der Waals surface area contributed by atoms with Gasteiger partial charge in [-0.15, -0.1) is 0 Å². The van der Waals surface area contributed by atoms with E-state index in [-0.39, 0.29) is 30.2 Å². The molecule has 1 aromatic carbocycles. The minimum atomic E-state index is -0.232. The fourth-order valence-electron chi connectivity index (χ4n) is 3.22. The summed E-state index contributed by atoms with van der Waals surface area (Å²) in [5.74, 6) is 0.000930. The number of carbonyl (C=O) groups excluding carboxylic acids is 2. The normalized spacial score (nSPS) is 17.7. The van der Waals surface area contributed by atoms with Gasteiger partial charge >= 0.3 is 0 Å². The molecule has 0 spiro atoms. The number of hydrogen-bond donors (Lipinski definition) is 0. The van der Waals surface area contributed by atoms with Crippen LogP contribution in [-0.4, -0.2) is 47.0 Å².